The number of rotatable bonds is 3. The maximum Gasteiger partial charge on any atom is 0.199 e. The second-order valence-corrected chi connectivity index (χ2v) is 3.93. The maximum absolute atomic E-state index is 4.11. The van der Waals surface area contributed by atoms with E-state index in [9.17, 15) is 0 Å². The summed E-state index contributed by atoms with van der Waals surface area (Å²) in [6, 6.07) is 0.721. The Labute approximate surface area is 124 Å². The zero-order chi connectivity index (χ0) is 12.6. The lowest BCUT2D eigenvalue weighted by molar-refractivity contribution is -0.532. The third kappa shape index (κ3) is 8.25. The van der Waals surface area contributed by atoms with Gasteiger partial charge in [0.25, 0.3) is 0 Å². The Balaban J connectivity index is -0.000000128. The molecule has 0 radical (unpaired) electrons. The lowest BCUT2D eigenvalue weighted by Gasteiger charge is -2.03. The molecule has 1 aliphatic rings. The number of nitrogens with zero attached hydrogens (tertiary/aromatic N) is 2. The molecule has 0 aromatic rings. The van der Waals surface area contributed by atoms with Crippen molar-refractivity contribution in [3.8, 4) is 0 Å². The summed E-state index contributed by atoms with van der Waals surface area (Å²) in [6.07, 6.45) is 0. The molecule has 0 aromatic carbocycles. The molecule has 1 rings (SSSR count). The minimum Gasteiger partial charge on any atom is -1.00 e. The van der Waals surface area contributed by atoms with E-state index in [0.29, 0.717) is 5.54 Å². The van der Waals surface area contributed by atoms with Gasteiger partial charge in [-0.1, -0.05) is 21.3 Å². The van der Waals surface area contributed by atoms with Crippen molar-refractivity contribution in [1.82, 2.24) is 4.90 Å². The van der Waals surface area contributed by atoms with Gasteiger partial charge in [-0.2, -0.15) is 0 Å². The molecular formula is C12H29Cl3N2. The maximum atomic E-state index is 4.11. The second kappa shape index (κ2) is 12.9. The Morgan fingerprint density at radius 1 is 1.29 bits per heavy atom. The molecule has 5 heteroatoms. The van der Waals surface area contributed by atoms with Crippen molar-refractivity contribution in [3.05, 3.63) is 0 Å². The molecule has 17 heavy (non-hydrogen) atoms. The molecule has 0 amide bonds. The fraction of sp³-hybridized carbons (Fsp3) is 0.917. The topological polar surface area (TPSA) is 6.02 Å². The molecule has 0 aliphatic carbocycles. The van der Waals surface area contributed by atoms with Crippen LogP contribution >= 0.6 is 21.7 Å². The van der Waals surface area contributed by atoms with E-state index < -0.39 is 0 Å². The number of hydrogen-bond acceptors (Lipinski definition) is 1. The van der Waals surface area contributed by atoms with Gasteiger partial charge in [-0.15, -0.1) is 0 Å². The van der Waals surface area contributed by atoms with Gasteiger partial charge in [0.2, 0.25) is 0 Å². The molecule has 0 bridgehead atoms. The molecule has 0 aromatic heterocycles. The van der Waals surface area contributed by atoms with E-state index in [4.69, 9.17) is 0 Å². The Bertz CT molecular complexity index is 185. The van der Waals surface area contributed by atoms with E-state index in [1.165, 1.54) is 0 Å². The first kappa shape index (κ1) is 26.1. The van der Waals surface area contributed by atoms with Crippen molar-refractivity contribution in [3.63, 3.8) is 0 Å². The zero-order valence-electron chi connectivity index (χ0n) is 11.2. The highest BCUT2D eigenvalue weighted by atomic mass is 36.5. The Morgan fingerprint density at radius 3 is 1.76 bits per heavy atom. The minimum atomic E-state index is 0. The van der Waals surface area contributed by atoms with E-state index in [1.807, 2.05) is 13.8 Å². The summed E-state index contributed by atoms with van der Waals surface area (Å²) < 4.78 is 2.09. The summed E-state index contributed by atoms with van der Waals surface area (Å²) in [5, 5.41) is 0. The molecule has 1 fully saturated rings. The lowest BCUT2D eigenvalue weighted by Crippen LogP contribution is -3.00. The Kier molecular flexibility index (Phi) is 19.9. The molecule has 2 atom stereocenters. The SMILES string of the molecule is C.C=[N+](CC)CN1C(C)C1(C)C.CC.ClCl.[Cl-]. The molecule has 2 nitrogen and oxygen atoms in total. The van der Waals surface area contributed by atoms with Crippen molar-refractivity contribution in [2.45, 2.75) is 60.5 Å². The summed E-state index contributed by atoms with van der Waals surface area (Å²) in [7, 11) is 8.22. The molecule has 1 saturated heterocycles. The summed E-state index contributed by atoms with van der Waals surface area (Å²) in [5.74, 6) is 0. The van der Waals surface area contributed by atoms with Crippen LogP contribution in [0.2, 0.25) is 0 Å². The highest BCUT2D eigenvalue weighted by Crippen LogP contribution is 2.39. The zero-order valence-corrected chi connectivity index (χ0v) is 13.5. The van der Waals surface area contributed by atoms with Gasteiger partial charge < -0.3 is 12.4 Å². The normalized spacial score (nSPS) is 22.4. The fourth-order valence-corrected chi connectivity index (χ4v) is 1.40. The standard InChI is InChI=1S/C9H19N2.C2H6.CH4.Cl2.ClH/c1-6-10(5)7-11-8(2)9(11,3)4;1-2;;1-2;/h8H,5-7H2,1-4H3;1-2H3;1H4;;1H/q+1;;;;/p-1. The molecule has 0 spiro atoms. The van der Waals surface area contributed by atoms with E-state index in [2.05, 4.69) is 65.6 Å². The smallest absolute Gasteiger partial charge is 0.199 e. The van der Waals surface area contributed by atoms with Crippen LogP contribution in [-0.4, -0.2) is 41.0 Å². The third-order valence-electron chi connectivity index (χ3n) is 2.96. The van der Waals surface area contributed by atoms with Crippen molar-refractivity contribution in [1.29, 1.82) is 0 Å². The molecule has 1 heterocycles. The molecule has 2 unspecified atom stereocenters. The Morgan fingerprint density at radius 2 is 1.59 bits per heavy atom. The second-order valence-electron chi connectivity index (χ2n) is 3.93. The largest absolute Gasteiger partial charge is 1.00 e. The van der Waals surface area contributed by atoms with Crippen LogP contribution < -0.4 is 12.4 Å². The summed E-state index contributed by atoms with van der Waals surface area (Å²) in [5.41, 5.74) is 0.408. The van der Waals surface area contributed by atoms with Gasteiger partial charge in [-0.05, 0) is 27.7 Å². The fourth-order valence-electron chi connectivity index (χ4n) is 1.40. The van der Waals surface area contributed by atoms with Gasteiger partial charge in [0.15, 0.2) is 6.67 Å². The highest BCUT2D eigenvalue weighted by molar-refractivity contribution is 6.85. The van der Waals surface area contributed by atoms with Gasteiger partial charge in [-0.3, -0.25) is 0 Å². The summed E-state index contributed by atoms with van der Waals surface area (Å²) in [6.45, 7) is 18.9. The molecule has 108 valence electrons. The van der Waals surface area contributed by atoms with Crippen LogP contribution in [0.25, 0.3) is 0 Å². The van der Waals surface area contributed by atoms with Crippen LogP contribution in [0.3, 0.4) is 0 Å². The van der Waals surface area contributed by atoms with Gasteiger partial charge in [0.1, 0.15) is 13.3 Å². The molecule has 1 aliphatic heterocycles. The van der Waals surface area contributed by atoms with Crippen LogP contribution in [0.4, 0.5) is 0 Å². The monoisotopic (exact) mass is 306 g/mol. The van der Waals surface area contributed by atoms with Gasteiger partial charge >= 0.3 is 0 Å². The average Bonchev–Trinajstić information content (AvgIpc) is 2.74. The first-order valence-corrected chi connectivity index (χ1v) is 6.61. The highest BCUT2D eigenvalue weighted by Gasteiger charge is 2.53. The average molecular weight is 308 g/mol. The van der Waals surface area contributed by atoms with E-state index in [-0.39, 0.29) is 19.8 Å². The molecular weight excluding hydrogens is 279 g/mol. The Hall–Kier alpha value is 0.500. The first-order chi connectivity index (χ1) is 7.00. The van der Waals surface area contributed by atoms with Crippen LogP contribution in [0, 0.1) is 0 Å². The number of hydrogen-bond donors (Lipinski definition) is 0. The summed E-state index contributed by atoms with van der Waals surface area (Å²) >= 11 is 0. The van der Waals surface area contributed by atoms with Crippen LogP contribution in [0.15, 0.2) is 0 Å². The predicted octanol–water partition coefficient (Wildman–Crippen LogP) is 1.20. The molecule has 0 N–H and O–H groups in total. The van der Waals surface area contributed by atoms with E-state index in [0.717, 1.165) is 19.3 Å². The minimum absolute atomic E-state index is 0. The quantitative estimate of drug-likeness (QED) is 0.431. The predicted molar refractivity (Wildman–Crippen MR) is 78.0 cm³/mol. The summed E-state index contributed by atoms with van der Waals surface area (Å²) in [4.78, 5) is 2.45. The van der Waals surface area contributed by atoms with Gasteiger partial charge in [-0.25, -0.2) is 9.48 Å². The van der Waals surface area contributed by atoms with E-state index >= 15 is 0 Å². The van der Waals surface area contributed by atoms with Crippen molar-refractivity contribution in [2.75, 3.05) is 13.2 Å². The van der Waals surface area contributed by atoms with Crippen LogP contribution in [0.1, 0.15) is 49.0 Å². The van der Waals surface area contributed by atoms with Gasteiger partial charge in [0.05, 0.1) is 0 Å². The first-order valence-electron chi connectivity index (χ1n) is 5.46. The van der Waals surface area contributed by atoms with Crippen LogP contribution in [-0.2, 0) is 0 Å². The van der Waals surface area contributed by atoms with E-state index in [1.54, 1.807) is 0 Å². The van der Waals surface area contributed by atoms with Gasteiger partial charge in [0, 0.05) is 33.3 Å². The molecule has 0 saturated carbocycles. The number of halogens is 3. The van der Waals surface area contributed by atoms with Crippen LogP contribution in [0.5, 0.6) is 0 Å². The lowest BCUT2D eigenvalue weighted by atomic mass is 10.2. The van der Waals surface area contributed by atoms with Crippen molar-refractivity contribution in [2.24, 2.45) is 0 Å². The third-order valence-corrected chi connectivity index (χ3v) is 2.96. The van der Waals surface area contributed by atoms with Crippen molar-refractivity contribution < 1.29 is 17.0 Å². The van der Waals surface area contributed by atoms with Crippen molar-refractivity contribution >= 4 is 28.4 Å².